The van der Waals surface area contributed by atoms with Crippen molar-refractivity contribution >= 4 is 43.8 Å². The highest BCUT2D eigenvalue weighted by molar-refractivity contribution is 9.10. The maximum Gasteiger partial charge on any atom is 0.357 e. The first kappa shape index (κ1) is 20.1. The fourth-order valence-electron chi connectivity index (χ4n) is 4.58. The number of carboxylic acids is 1. The van der Waals surface area contributed by atoms with E-state index in [-0.39, 0.29) is 17.5 Å². The summed E-state index contributed by atoms with van der Waals surface area (Å²) in [6.45, 7) is 1.27. The zero-order valence-electron chi connectivity index (χ0n) is 16.5. The number of aromatic nitrogens is 3. The molecule has 0 bridgehead atoms. The lowest BCUT2D eigenvalue weighted by atomic mass is 9.86. The van der Waals surface area contributed by atoms with E-state index in [4.69, 9.17) is 4.74 Å². The monoisotopic (exact) mass is 483 g/mol. The number of fused-ring (bicyclic) bond motifs is 3. The minimum absolute atomic E-state index is 0.190. The number of aromatic carboxylic acids is 1. The molecule has 4 aromatic rings. The largest absolute Gasteiger partial charge is 0.476 e. The Morgan fingerprint density at radius 2 is 1.94 bits per heavy atom. The molecule has 6 nitrogen and oxygen atoms in total. The zero-order chi connectivity index (χ0) is 21.5. The highest BCUT2D eigenvalue weighted by atomic mass is 79.9. The Morgan fingerprint density at radius 1 is 1.19 bits per heavy atom. The van der Waals surface area contributed by atoms with Gasteiger partial charge in [0.2, 0.25) is 0 Å². The number of benzene rings is 1. The molecule has 0 amide bonds. The van der Waals surface area contributed by atoms with E-state index in [1.54, 1.807) is 6.20 Å². The highest BCUT2D eigenvalue weighted by Gasteiger charge is 2.32. The number of halogens is 2. The van der Waals surface area contributed by atoms with Gasteiger partial charge in [0.15, 0.2) is 11.5 Å². The molecule has 1 aliphatic heterocycles. The van der Waals surface area contributed by atoms with E-state index in [2.05, 4.69) is 25.9 Å². The SMILES string of the molecule is O=C(O)c1ncc2c3ncc(Br)cc3n([C@H](c3ccccc3)C3CCOCC3)c2c1F. The third-order valence-electron chi connectivity index (χ3n) is 5.92. The topological polar surface area (TPSA) is 77.2 Å². The van der Waals surface area contributed by atoms with Crippen molar-refractivity contribution in [3.05, 3.63) is 70.3 Å². The summed E-state index contributed by atoms with van der Waals surface area (Å²) in [5.74, 6) is -2.05. The van der Waals surface area contributed by atoms with Crippen molar-refractivity contribution < 1.29 is 19.0 Å². The summed E-state index contributed by atoms with van der Waals surface area (Å²) in [7, 11) is 0. The molecule has 5 rings (SSSR count). The summed E-state index contributed by atoms with van der Waals surface area (Å²) < 4.78 is 23.9. The average Bonchev–Trinajstić information content (AvgIpc) is 3.10. The molecule has 0 radical (unpaired) electrons. The Labute approximate surface area is 185 Å². The predicted molar refractivity (Wildman–Crippen MR) is 118 cm³/mol. The van der Waals surface area contributed by atoms with Crippen LogP contribution in [-0.4, -0.2) is 38.8 Å². The van der Waals surface area contributed by atoms with Crippen molar-refractivity contribution in [1.82, 2.24) is 14.5 Å². The van der Waals surface area contributed by atoms with Crippen LogP contribution in [0.15, 0.2) is 53.3 Å². The van der Waals surface area contributed by atoms with Crippen molar-refractivity contribution in [3.63, 3.8) is 0 Å². The van der Waals surface area contributed by atoms with Crippen molar-refractivity contribution in [2.75, 3.05) is 13.2 Å². The molecule has 31 heavy (non-hydrogen) atoms. The molecular formula is C23H19BrFN3O3. The van der Waals surface area contributed by atoms with E-state index in [9.17, 15) is 9.90 Å². The fourth-order valence-corrected chi connectivity index (χ4v) is 4.90. The van der Waals surface area contributed by atoms with E-state index >= 15 is 4.39 Å². The van der Waals surface area contributed by atoms with E-state index in [0.29, 0.717) is 24.1 Å². The van der Waals surface area contributed by atoms with Crippen LogP contribution >= 0.6 is 15.9 Å². The molecule has 1 N–H and O–H groups in total. The van der Waals surface area contributed by atoms with Gasteiger partial charge in [0.1, 0.15) is 0 Å². The number of rotatable bonds is 4. The number of carbonyl (C=O) groups is 1. The number of ether oxygens (including phenoxy) is 1. The average molecular weight is 484 g/mol. The molecule has 0 aliphatic carbocycles. The van der Waals surface area contributed by atoms with Crippen molar-refractivity contribution in [1.29, 1.82) is 0 Å². The quantitative estimate of drug-likeness (QED) is 0.431. The van der Waals surface area contributed by atoms with E-state index in [0.717, 1.165) is 28.4 Å². The summed E-state index contributed by atoms with van der Waals surface area (Å²) in [5.41, 5.74) is 1.98. The first-order valence-corrected chi connectivity index (χ1v) is 10.8. The van der Waals surface area contributed by atoms with Gasteiger partial charge < -0.3 is 14.4 Å². The van der Waals surface area contributed by atoms with Gasteiger partial charge in [0.25, 0.3) is 0 Å². The van der Waals surface area contributed by atoms with Gasteiger partial charge in [0, 0.05) is 35.5 Å². The number of nitrogens with zero attached hydrogens (tertiary/aromatic N) is 3. The first-order chi connectivity index (χ1) is 15.1. The standard InChI is InChI=1S/C23H19BrFN3O3/c24-15-10-17-19(26-11-15)16-12-27-20(23(29)30)18(25)22(16)28(17)21(13-4-2-1-3-5-13)14-6-8-31-9-7-14/h1-5,10-12,14,21H,6-9H2,(H,29,30)/t21-/m1/s1. The molecule has 1 fully saturated rings. The maximum atomic E-state index is 15.6. The van der Waals surface area contributed by atoms with E-state index < -0.39 is 17.5 Å². The first-order valence-electron chi connectivity index (χ1n) is 10.1. The minimum atomic E-state index is -1.40. The molecule has 158 valence electrons. The lowest BCUT2D eigenvalue weighted by Crippen LogP contribution is -2.27. The van der Waals surface area contributed by atoms with Crippen molar-refractivity contribution in [2.24, 2.45) is 5.92 Å². The number of pyridine rings is 2. The smallest absolute Gasteiger partial charge is 0.357 e. The number of hydrogen-bond donors (Lipinski definition) is 1. The fraction of sp³-hybridized carbons (Fsp3) is 0.261. The molecule has 4 heterocycles. The maximum absolute atomic E-state index is 15.6. The van der Waals surface area contributed by atoms with Gasteiger partial charge in [-0.2, -0.15) is 0 Å². The van der Waals surface area contributed by atoms with Gasteiger partial charge in [-0.25, -0.2) is 14.2 Å². The van der Waals surface area contributed by atoms with Crippen LogP contribution in [0, 0.1) is 11.7 Å². The molecule has 0 saturated carbocycles. The van der Waals surface area contributed by atoms with Crippen LogP contribution < -0.4 is 0 Å². The van der Waals surface area contributed by atoms with Crippen LogP contribution in [0.25, 0.3) is 21.9 Å². The van der Waals surface area contributed by atoms with Crippen molar-refractivity contribution in [2.45, 2.75) is 18.9 Å². The van der Waals surface area contributed by atoms with Gasteiger partial charge in [-0.05, 0) is 46.3 Å². The van der Waals surface area contributed by atoms with Crippen LogP contribution in [0.3, 0.4) is 0 Å². The summed E-state index contributed by atoms with van der Waals surface area (Å²) >= 11 is 3.48. The predicted octanol–water partition coefficient (Wildman–Crippen LogP) is 5.20. The molecule has 1 atom stereocenters. The molecule has 3 aromatic heterocycles. The molecule has 8 heteroatoms. The summed E-state index contributed by atoms with van der Waals surface area (Å²) in [6, 6.07) is 11.6. The van der Waals surface area contributed by atoms with Gasteiger partial charge >= 0.3 is 5.97 Å². The number of hydrogen-bond acceptors (Lipinski definition) is 4. The second kappa shape index (κ2) is 8.01. The Balaban J connectivity index is 1.89. The normalized spacial score (nSPS) is 16.1. The zero-order valence-corrected chi connectivity index (χ0v) is 18.0. The second-order valence-electron chi connectivity index (χ2n) is 7.68. The Morgan fingerprint density at radius 3 is 2.65 bits per heavy atom. The molecule has 1 saturated heterocycles. The van der Waals surface area contributed by atoms with Gasteiger partial charge in [-0.1, -0.05) is 30.3 Å². The van der Waals surface area contributed by atoms with Crippen LogP contribution in [0.2, 0.25) is 0 Å². The molecule has 0 unspecified atom stereocenters. The summed E-state index contributed by atoms with van der Waals surface area (Å²) in [4.78, 5) is 20.0. The van der Waals surface area contributed by atoms with Gasteiger partial charge in [-0.3, -0.25) is 4.98 Å². The third kappa shape index (κ3) is 3.40. The van der Waals surface area contributed by atoms with E-state index in [1.807, 2.05) is 41.0 Å². The van der Waals surface area contributed by atoms with E-state index in [1.165, 1.54) is 6.20 Å². The molecule has 1 aromatic carbocycles. The van der Waals surface area contributed by atoms with Crippen LogP contribution in [0.5, 0.6) is 0 Å². The summed E-state index contributed by atoms with van der Waals surface area (Å²) in [5, 5.41) is 9.99. The van der Waals surface area contributed by atoms with Gasteiger partial charge in [-0.15, -0.1) is 0 Å². The van der Waals surface area contributed by atoms with Gasteiger partial charge in [0.05, 0.1) is 22.6 Å². The van der Waals surface area contributed by atoms with Crippen molar-refractivity contribution in [3.8, 4) is 0 Å². The third-order valence-corrected chi connectivity index (χ3v) is 6.35. The van der Waals surface area contributed by atoms with Crippen LogP contribution in [0.4, 0.5) is 4.39 Å². The molecular weight excluding hydrogens is 465 g/mol. The summed E-state index contributed by atoms with van der Waals surface area (Å²) in [6.07, 6.45) is 4.70. The second-order valence-corrected chi connectivity index (χ2v) is 8.60. The lowest BCUT2D eigenvalue weighted by molar-refractivity contribution is 0.0552. The van der Waals surface area contributed by atoms with Crippen LogP contribution in [-0.2, 0) is 4.74 Å². The Kier molecular flexibility index (Phi) is 5.19. The molecule has 1 aliphatic rings. The Hall–Kier alpha value is -2.84. The Bertz CT molecular complexity index is 1290. The number of carboxylic acid groups (broad SMARTS) is 1. The molecule has 0 spiro atoms. The highest BCUT2D eigenvalue weighted by Crippen LogP contribution is 2.41. The minimum Gasteiger partial charge on any atom is -0.476 e. The lowest BCUT2D eigenvalue weighted by Gasteiger charge is -2.33. The van der Waals surface area contributed by atoms with Crippen LogP contribution in [0.1, 0.15) is 34.9 Å².